The molecule has 0 unspecified atom stereocenters. The number of benzene rings is 4. The van der Waals surface area contributed by atoms with Crippen LogP contribution in [0, 0.1) is 23.3 Å². The van der Waals surface area contributed by atoms with Crippen LogP contribution in [0.3, 0.4) is 0 Å². The van der Waals surface area contributed by atoms with Gasteiger partial charge in [-0.25, -0.2) is 22.4 Å². The number of halogens is 4. The first-order chi connectivity index (χ1) is 23.8. The summed E-state index contributed by atoms with van der Waals surface area (Å²) < 4.78 is 73.6. The van der Waals surface area contributed by atoms with Crippen molar-refractivity contribution >= 4 is 58.3 Å². The number of hydrogen-bond acceptors (Lipinski definition) is 10. The van der Waals surface area contributed by atoms with E-state index in [4.69, 9.17) is 14.3 Å². The SMILES string of the molecule is C=CC(=O)OCCSc1c(F)c(F)c(SNSc2ccccc2-c2c3ccc(=NCC)cc-3oc3cc(NCC)ccc23)c(F)c1F.CO. The molecule has 1 heterocycles. The Labute approximate surface area is 293 Å². The van der Waals surface area contributed by atoms with Crippen LogP contribution in [-0.4, -0.2) is 43.6 Å². The highest BCUT2D eigenvalue weighted by molar-refractivity contribution is 8.12. The first-order valence-corrected chi connectivity index (χ1v) is 17.5. The summed E-state index contributed by atoms with van der Waals surface area (Å²) in [6.07, 6.45) is 0.932. The molecule has 0 fully saturated rings. The normalized spacial score (nSPS) is 11.4. The Morgan fingerprint density at radius 1 is 0.939 bits per heavy atom. The van der Waals surface area contributed by atoms with E-state index in [0.29, 0.717) is 46.5 Å². The molecule has 3 aromatic carbocycles. The Hall–Kier alpha value is -3.95. The maximum absolute atomic E-state index is 15.0. The fourth-order valence-corrected chi connectivity index (χ4v) is 7.23. The van der Waals surface area contributed by atoms with Crippen molar-refractivity contribution in [1.29, 1.82) is 0 Å². The molecule has 0 saturated carbocycles. The van der Waals surface area contributed by atoms with Gasteiger partial charge in [0.2, 0.25) is 0 Å². The molecular weight excluding hydrogens is 699 g/mol. The number of nitrogens with zero attached hydrogens (tertiary/aromatic N) is 1. The van der Waals surface area contributed by atoms with Crippen molar-refractivity contribution in [3.8, 4) is 22.5 Å². The van der Waals surface area contributed by atoms with Crippen LogP contribution in [0.15, 0.2) is 97.4 Å². The van der Waals surface area contributed by atoms with Gasteiger partial charge in [0.25, 0.3) is 0 Å². The predicted molar refractivity (Wildman–Crippen MR) is 190 cm³/mol. The van der Waals surface area contributed by atoms with Crippen LogP contribution in [-0.2, 0) is 9.53 Å². The molecule has 3 aromatic rings. The van der Waals surface area contributed by atoms with Crippen molar-refractivity contribution in [1.82, 2.24) is 4.13 Å². The van der Waals surface area contributed by atoms with E-state index < -0.39 is 39.0 Å². The maximum atomic E-state index is 15.0. The van der Waals surface area contributed by atoms with Gasteiger partial charge in [-0.15, -0.1) is 11.8 Å². The molecule has 7 nitrogen and oxygen atoms in total. The zero-order valence-corrected chi connectivity index (χ0v) is 29.2. The third-order valence-corrected chi connectivity index (χ3v) is 9.63. The van der Waals surface area contributed by atoms with Gasteiger partial charge in [-0.3, -0.25) is 4.99 Å². The minimum Gasteiger partial charge on any atom is -0.462 e. The molecule has 3 N–H and O–H groups in total. The van der Waals surface area contributed by atoms with Crippen molar-refractivity contribution in [3.05, 3.63) is 102 Å². The lowest BCUT2D eigenvalue weighted by Crippen LogP contribution is -2.07. The van der Waals surface area contributed by atoms with Gasteiger partial charge in [-0.2, -0.15) is 4.13 Å². The number of hydrogen-bond donors (Lipinski definition) is 3. The fraction of sp³-hybridized carbons (Fsp3) is 0.200. The first kappa shape index (κ1) is 37.9. The van der Waals surface area contributed by atoms with Gasteiger partial charge in [0, 0.05) is 71.3 Å². The van der Waals surface area contributed by atoms with Crippen molar-refractivity contribution in [3.63, 3.8) is 0 Å². The van der Waals surface area contributed by atoms with E-state index in [1.165, 1.54) is 0 Å². The monoisotopic (exact) mass is 731 g/mol. The number of esters is 1. The number of carbonyl (C=O) groups is 1. The smallest absolute Gasteiger partial charge is 0.330 e. The molecule has 2 aliphatic rings. The molecule has 0 aromatic heterocycles. The largest absolute Gasteiger partial charge is 0.462 e. The molecule has 0 radical (unpaired) electrons. The van der Waals surface area contributed by atoms with Crippen molar-refractivity contribution < 1.29 is 36.6 Å². The second-order valence-electron chi connectivity index (χ2n) is 9.79. The number of rotatable bonds is 13. The third kappa shape index (κ3) is 8.81. The number of nitrogens with one attached hydrogen (secondary N) is 2. The van der Waals surface area contributed by atoms with E-state index in [1.807, 2.05) is 74.5 Å². The van der Waals surface area contributed by atoms with Gasteiger partial charge in [0.15, 0.2) is 23.3 Å². The molecule has 0 amide bonds. The van der Waals surface area contributed by atoms with Crippen molar-refractivity contribution in [2.75, 3.05) is 37.9 Å². The molecule has 0 saturated heterocycles. The van der Waals surface area contributed by atoms with E-state index in [0.717, 1.165) is 64.8 Å². The summed E-state index contributed by atoms with van der Waals surface area (Å²) in [6, 6.07) is 19.1. The van der Waals surface area contributed by atoms with E-state index in [9.17, 15) is 13.6 Å². The molecule has 0 bridgehead atoms. The van der Waals surface area contributed by atoms with Crippen molar-refractivity contribution in [2.24, 2.45) is 4.99 Å². The average molecular weight is 732 g/mol. The molecule has 5 rings (SSSR count). The second-order valence-corrected chi connectivity index (χ2v) is 12.8. The highest BCUT2D eigenvalue weighted by atomic mass is 32.2. The van der Waals surface area contributed by atoms with Gasteiger partial charge < -0.3 is 19.6 Å². The third-order valence-electron chi connectivity index (χ3n) is 6.80. The number of carbonyl (C=O) groups excluding carboxylic acids is 1. The van der Waals surface area contributed by atoms with Crippen LogP contribution in [0.4, 0.5) is 23.2 Å². The van der Waals surface area contributed by atoms with Gasteiger partial charge in [-0.1, -0.05) is 24.8 Å². The predicted octanol–water partition coefficient (Wildman–Crippen LogP) is 8.85. The molecule has 49 heavy (non-hydrogen) atoms. The van der Waals surface area contributed by atoms with E-state index in [2.05, 4.69) is 21.0 Å². The molecule has 0 atom stereocenters. The number of aliphatic hydroxyl groups excluding tert-OH is 1. The second kappa shape index (κ2) is 18.2. The number of aliphatic hydroxyl groups is 1. The summed E-state index contributed by atoms with van der Waals surface area (Å²) in [5.41, 5.74) is 4.05. The summed E-state index contributed by atoms with van der Waals surface area (Å²) >= 11 is 1.96. The molecule has 14 heteroatoms. The highest BCUT2D eigenvalue weighted by Crippen LogP contribution is 2.44. The summed E-state index contributed by atoms with van der Waals surface area (Å²) in [4.78, 5) is 14.7. The Morgan fingerprint density at radius 3 is 2.35 bits per heavy atom. The van der Waals surface area contributed by atoms with Gasteiger partial charge in [-0.05, 0) is 73.6 Å². The van der Waals surface area contributed by atoms with Gasteiger partial charge in [0.05, 0.1) is 10.3 Å². The maximum Gasteiger partial charge on any atom is 0.330 e. The minimum atomic E-state index is -1.53. The first-order valence-electron chi connectivity index (χ1n) is 14.9. The Kier molecular flexibility index (Phi) is 14.0. The van der Waals surface area contributed by atoms with Gasteiger partial charge >= 0.3 is 5.97 Å². The molecule has 0 spiro atoms. The quantitative estimate of drug-likeness (QED) is 0.0161. The van der Waals surface area contributed by atoms with Crippen LogP contribution in [0.5, 0.6) is 0 Å². The topological polar surface area (TPSA) is 96.1 Å². The lowest BCUT2D eigenvalue weighted by Gasteiger charge is -2.18. The zero-order chi connectivity index (χ0) is 35.5. The molecule has 1 aliphatic heterocycles. The number of ether oxygens (including phenoxy) is 1. The molecule has 1 aliphatic carbocycles. The molecule has 258 valence electrons. The van der Waals surface area contributed by atoms with Gasteiger partial charge in [0.1, 0.15) is 22.8 Å². The van der Waals surface area contributed by atoms with E-state index in [1.54, 1.807) is 0 Å². The lowest BCUT2D eigenvalue weighted by molar-refractivity contribution is -0.137. The molecular formula is C35H33F4N3O4S3. The van der Waals surface area contributed by atoms with Crippen LogP contribution in [0.2, 0.25) is 0 Å². The number of thioether (sulfide) groups is 1. The summed E-state index contributed by atoms with van der Waals surface area (Å²) in [6.45, 7) is 8.33. The van der Waals surface area contributed by atoms with E-state index >= 15 is 8.78 Å². The average Bonchev–Trinajstić information content (AvgIpc) is 3.12. The Balaban J connectivity index is 0.00000265. The Bertz CT molecular complexity index is 1960. The lowest BCUT2D eigenvalue weighted by atomic mass is 9.93. The van der Waals surface area contributed by atoms with Crippen molar-refractivity contribution in [2.45, 2.75) is 28.5 Å². The summed E-state index contributed by atoms with van der Waals surface area (Å²) in [5, 5.41) is 11.9. The standard InChI is InChI=1S/C34H29F4N3O3S3.CH4O/c1-4-27(42)43-15-16-45-33-29(35)31(37)34(32(38)30(33)36)47-41-46-26-10-8-7-9-23(26)28-21-13-11-19(39-5-2)17-24(21)44-25-18-20(40-6-3)12-14-22(25)28;1-2/h4,7-14,17-18,39,41H,1,5-6,15-16H2,2-3H3;2H,1H3. The van der Waals surface area contributed by atoms with Crippen LogP contribution >= 0.6 is 35.7 Å². The number of fused-ring (bicyclic) bond motifs is 2. The van der Waals surface area contributed by atoms with E-state index in [-0.39, 0.29) is 12.4 Å². The summed E-state index contributed by atoms with van der Waals surface area (Å²) in [7, 11) is 1.00. The zero-order valence-electron chi connectivity index (χ0n) is 26.7. The van der Waals surface area contributed by atoms with Crippen LogP contribution in [0.1, 0.15) is 13.8 Å². The van der Waals surface area contributed by atoms with Crippen LogP contribution in [0.25, 0.3) is 33.4 Å². The van der Waals surface area contributed by atoms with Crippen LogP contribution < -0.4 is 14.8 Å². The highest BCUT2D eigenvalue weighted by Gasteiger charge is 2.27. The number of anilines is 1. The Morgan fingerprint density at radius 2 is 1.65 bits per heavy atom. The fourth-order valence-electron chi connectivity index (χ4n) is 4.79. The minimum absolute atomic E-state index is 0.120. The summed E-state index contributed by atoms with van der Waals surface area (Å²) in [5.74, 6) is -6.35.